The minimum Gasteiger partial charge on any atom is -0.381 e. The lowest BCUT2D eigenvalue weighted by molar-refractivity contribution is 0.0388. The number of pyridine rings is 1. The summed E-state index contributed by atoms with van der Waals surface area (Å²) in [5.74, 6) is 0.974. The second-order valence-corrected chi connectivity index (χ2v) is 4.79. The van der Waals surface area contributed by atoms with Crippen LogP contribution in [0, 0.1) is 0 Å². The van der Waals surface area contributed by atoms with Crippen molar-refractivity contribution in [2.75, 3.05) is 32.1 Å². The number of rotatable bonds is 5. The van der Waals surface area contributed by atoms with E-state index in [1.54, 1.807) is 0 Å². The summed E-state index contributed by atoms with van der Waals surface area (Å²) in [6.07, 6.45) is 4.62. The molecule has 0 atom stereocenters. The van der Waals surface area contributed by atoms with Crippen LogP contribution in [0.3, 0.4) is 0 Å². The zero-order chi connectivity index (χ0) is 12.8. The number of likely N-dealkylation sites (tertiary alicyclic amines) is 1. The van der Waals surface area contributed by atoms with Crippen LogP contribution in [0.5, 0.6) is 0 Å². The van der Waals surface area contributed by atoms with Gasteiger partial charge in [-0.2, -0.15) is 0 Å². The fourth-order valence-corrected chi connectivity index (χ4v) is 2.41. The number of piperidine rings is 1. The van der Waals surface area contributed by atoms with Gasteiger partial charge in [-0.05, 0) is 37.5 Å². The van der Waals surface area contributed by atoms with Crippen molar-refractivity contribution in [1.29, 1.82) is 0 Å². The van der Waals surface area contributed by atoms with E-state index in [-0.39, 0.29) is 0 Å². The van der Waals surface area contributed by atoms with E-state index >= 15 is 0 Å². The SMILES string of the molecule is CCNc1cc(CN2CCC(OC)CC2)ccn1. The number of anilines is 1. The van der Waals surface area contributed by atoms with Gasteiger partial charge in [-0.25, -0.2) is 4.98 Å². The molecule has 0 radical (unpaired) electrons. The van der Waals surface area contributed by atoms with Crippen LogP contribution in [0.15, 0.2) is 18.3 Å². The van der Waals surface area contributed by atoms with Gasteiger partial charge >= 0.3 is 0 Å². The number of ether oxygens (including phenoxy) is 1. The second-order valence-electron chi connectivity index (χ2n) is 4.79. The molecule has 1 saturated heterocycles. The third-order valence-electron chi connectivity index (χ3n) is 3.46. The zero-order valence-corrected chi connectivity index (χ0v) is 11.4. The van der Waals surface area contributed by atoms with Crippen molar-refractivity contribution in [3.05, 3.63) is 23.9 Å². The molecule has 1 aromatic rings. The fourth-order valence-electron chi connectivity index (χ4n) is 2.41. The Morgan fingerprint density at radius 3 is 2.89 bits per heavy atom. The fraction of sp³-hybridized carbons (Fsp3) is 0.643. The molecule has 1 fully saturated rings. The molecule has 4 heteroatoms. The van der Waals surface area contributed by atoms with Gasteiger partial charge < -0.3 is 10.1 Å². The maximum Gasteiger partial charge on any atom is 0.126 e. The monoisotopic (exact) mass is 249 g/mol. The van der Waals surface area contributed by atoms with Crippen molar-refractivity contribution in [1.82, 2.24) is 9.88 Å². The smallest absolute Gasteiger partial charge is 0.126 e. The van der Waals surface area contributed by atoms with Gasteiger partial charge in [0.1, 0.15) is 5.82 Å². The predicted octanol–water partition coefficient (Wildman–Crippen LogP) is 2.12. The molecule has 0 saturated carbocycles. The second kappa shape index (κ2) is 6.71. The van der Waals surface area contributed by atoms with Crippen LogP contribution >= 0.6 is 0 Å². The Labute approximate surface area is 109 Å². The number of aromatic nitrogens is 1. The number of methoxy groups -OCH3 is 1. The van der Waals surface area contributed by atoms with Crippen LogP contribution in [-0.4, -0.2) is 42.7 Å². The molecule has 2 rings (SSSR count). The van der Waals surface area contributed by atoms with Crippen LogP contribution in [0.2, 0.25) is 0 Å². The van der Waals surface area contributed by atoms with Crippen molar-refractivity contribution < 1.29 is 4.74 Å². The lowest BCUT2D eigenvalue weighted by Crippen LogP contribution is -2.36. The summed E-state index contributed by atoms with van der Waals surface area (Å²) in [7, 11) is 1.81. The quantitative estimate of drug-likeness (QED) is 0.867. The summed E-state index contributed by atoms with van der Waals surface area (Å²) in [4.78, 5) is 6.78. The third-order valence-corrected chi connectivity index (χ3v) is 3.46. The summed E-state index contributed by atoms with van der Waals surface area (Å²) in [5, 5.41) is 3.25. The van der Waals surface area contributed by atoms with Gasteiger partial charge in [0.15, 0.2) is 0 Å². The Kier molecular flexibility index (Phi) is 4.96. The highest BCUT2D eigenvalue weighted by Gasteiger charge is 2.18. The van der Waals surface area contributed by atoms with E-state index in [2.05, 4.69) is 34.3 Å². The van der Waals surface area contributed by atoms with Gasteiger partial charge in [-0.15, -0.1) is 0 Å². The summed E-state index contributed by atoms with van der Waals surface area (Å²) in [5.41, 5.74) is 1.33. The van der Waals surface area contributed by atoms with Crippen LogP contribution in [0.4, 0.5) is 5.82 Å². The van der Waals surface area contributed by atoms with Crippen LogP contribution in [-0.2, 0) is 11.3 Å². The standard InChI is InChI=1S/C14H23N3O/c1-3-15-14-10-12(4-7-16-14)11-17-8-5-13(18-2)6-9-17/h4,7,10,13H,3,5-6,8-9,11H2,1-2H3,(H,15,16). The molecule has 0 amide bonds. The Bertz CT molecular complexity index is 362. The summed E-state index contributed by atoms with van der Waals surface area (Å²) >= 11 is 0. The molecule has 0 spiro atoms. The zero-order valence-electron chi connectivity index (χ0n) is 11.4. The van der Waals surface area contributed by atoms with Gasteiger partial charge in [0, 0.05) is 39.5 Å². The van der Waals surface area contributed by atoms with Crippen LogP contribution < -0.4 is 5.32 Å². The molecule has 0 aromatic carbocycles. The first-order valence-corrected chi connectivity index (χ1v) is 6.75. The average Bonchev–Trinajstić information content (AvgIpc) is 2.40. The average molecular weight is 249 g/mol. The molecular formula is C14H23N3O. The molecule has 1 N–H and O–H groups in total. The summed E-state index contributed by atoms with van der Waals surface area (Å²) in [6, 6.07) is 4.25. The first kappa shape index (κ1) is 13.3. The highest BCUT2D eigenvalue weighted by molar-refractivity contribution is 5.37. The molecule has 1 aliphatic rings. The Hall–Kier alpha value is -1.13. The van der Waals surface area contributed by atoms with Crippen molar-refractivity contribution in [2.24, 2.45) is 0 Å². The van der Waals surface area contributed by atoms with Gasteiger partial charge in [-0.3, -0.25) is 4.90 Å². The molecule has 0 aliphatic carbocycles. The molecule has 1 aromatic heterocycles. The first-order chi connectivity index (χ1) is 8.81. The highest BCUT2D eigenvalue weighted by Crippen LogP contribution is 2.16. The van der Waals surface area contributed by atoms with Crippen molar-refractivity contribution in [2.45, 2.75) is 32.4 Å². The van der Waals surface area contributed by atoms with E-state index in [0.29, 0.717) is 6.10 Å². The summed E-state index contributed by atoms with van der Waals surface area (Å²) in [6.45, 7) is 6.26. The van der Waals surface area contributed by atoms with E-state index in [1.807, 2.05) is 13.3 Å². The van der Waals surface area contributed by atoms with Crippen molar-refractivity contribution >= 4 is 5.82 Å². The van der Waals surface area contributed by atoms with Crippen molar-refractivity contribution in [3.8, 4) is 0 Å². The predicted molar refractivity (Wildman–Crippen MR) is 73.7 cm³/mol. The van der Waals surface area contributed by atoms with Crippen LogP contribution in [0.1, 0.15) is 25.3 Å². The number of nitrogens with one attached hydrogen (secondary N) is 1. The molecule has 100 valence electrons. The topological polar surface area (TPSA) is 37.4 Å². The van der Waals surface area contributed by atoms with E-state index in [4.69, 9.17) is 4.74 Å². The molecule has 18 heavy (non-hydrogen) atoms. The maximum atomic E-state index is 5.39. The molecule has 4 nitrogen and oxygen atoms in total. The summed E-state index contributed by atoms with van der Waals surface area (Å²) < 4.78 is 5.39. The number of nitrogens with zero attached hydrogens (tertiary/aromatic N) is 2. The van der Waals surface area contributed by atoms with E-state index < -0.39 is 0 Å². The van der Waals surface area contributed by atoms with Crippen LogP contribution in [0.25, 0.3) is 0 Å². The van der Waals surface area contributed by atoms with Gasteiger partial charge in [-0.1, -0.05) is 0 Å². The Balaban J connectivity index is 1.87. The van der Waals surface area contributed by atoms with Gasteiger partial charge in [0.25, 0.3) is 0 Å². The number of hydrogen-bond acceptors (Lipinski definition) is 4. The van der Waals surface area contributed by atoms with E-state index in [1.165, 1.54) is 5.56 Å². The number of hydrogen-bond donors (Lipinski definition) is 1. The lowest BCUT2D eigenvalue weighted by atomic mass is 10.1. The highest BCUT2D eigenvalue weighted by atomic mass is 16.5. The molecular weight excluding hydrogens is 226 g/mol. The van der Waals surface area contributed by atoms with Crippen molar-refractivity contribution in [3.63, 3.8) is 0 Å². The van der Waals surface area contributed by atoms with E-state index in [9.17, 15) is 0 Å². The normalized spacial score (nSPS) is 17.9. The first-order valence-electron chi connectivity index (χ1n) is 6.75. The third kappa shape index (κ3) is 3.68. The van der Waals surface area contributed by atoms with Gasteiger partial charge in [0.2, 0.25) is 0 Å². The van der Waals surface area contributed by atoms with E-state index in [0.717, 1.165) is 44.8 Å². The molecule has 2 heterocycles. The molecule has 1 aliphatic heterocycles. The maximum absolute atomic E-state index is 5.39. The van der Waals surface area contributed by atoms with Gasteiger partial charge in [0.05, 0.1) is 6.10 Å². The Morgan fingerprint density at radius 1 is 1.44 bits per heavy atom. The molecule has 0 bridgehead atoms. The molecule has 0 unspecified atom stereocenters. The minimum absolute atomic E-state index is 0.455. The lowest BCUT2D eigenvalue weighted by Gasteiger charge is -2.31. The minimum atomic E-state index is 0.455. The largest absolute Gasteiger partial charge is 0.381 e. The Morgan fingerprint density at radius 2 is 2.22 bits per heavy atom.